The Kier molecular flexibility index (Phi) is 7.93. The maximum Gasteiger partial charge on any atom is 0.233 e. The molecule has 0 saturated carbocycles. The maximum absolute atomic E-state index is 15.6. The lowest BCUT2D eigenvalue weighted by molar-refractivity contribution is 0.172. The zero-order valence-corrected chi connectivity index (χ0v) is 18.4. The van der Waals surface area contributed by atoms with Crippen LogP contribution in [0.3, 0.4) is 0 Å². The molecule has 0 aliphatic heterocycles. The summed E-state index contributed by atoms with van der Waals surface area (Å²) < 4.78 is 41.1. The first-order valence-corrected chi connectivity index (χ1v) is 9.81. The monoisotopic (exact) mass is 438 g/mol. The Morgan fingerprint density at radius 1 is 1.30 bits per heavy atom. The standard InChI is InChI=1S/C21H25ClF2N4O2/c1-12(21(2,3)4)27-19-15(30-8-6-7-29-5)9-14(23)17(18(19)24)13-11-26-16(10-25)28-20(13)22/h9,11-12,27H,6-8H2,1-5H3. The highest BCUT2D eigenvalue weighted by molar-refractivity contribution is 6.32. The summed E-state index contributed by atoms with van der Waals surface area (Å²) in [6.07, 6.45) is 1.69. The lowest BCUT2D eigenvalue weighted by atomic mass is 9.88. The van der Waals surface area contributed by atoms with Crippen LogP contribution in [0, 0.1) is 28.4 Å². The first kappa shape index (κ1) is 23.8. The van der Waals surface area contributed by atoms with Crippen LogP contribution in [0.5, 0.6) is 5.75 Å². The molecular weight excluding hydrogens is 414 g/mol. The van der Waals surface area contributed by atoms with E-state index >= 15 is 4.39 Å². The highest BCUT2D eigenvalue weighted by atomic mass is 35.5. The van der Waals surface area contributed by atoms with E-state index in [-0.39, 0.29) is 46.0 Å². The van der Waals surface area contributed by atoms with Crippen LogP contribution >= 0.6 is 11.6 Å². The maximum atomic E-state index is 15.6. The smallest absolute Gasteiger partial charge is 0.233 e. The molecule has 2 rings (SSSR count). The molecule has 0 spiro atoms. The van der Waals surface area contributed by atoms with E-state index in [0.717, 1.165) is 12.3 Å². The molecule has 6 nitrogen and oxygen atoms in total. The quantitative estimate of drug-likeness (QED) is 0.450. The van der Waals surface area contributed by atoms with Gasteiger partial charge in [0.25, 0.3) is 0 Å². The van der Waals surface area contributed by atoms with E-state index in [1.165, 1.54) is 0 Å². The summed E-state index contributed by atoms with van der Waals surface area (Å²) in [7, 11) is 1.57. The van der Waals surface area contributed by atoms with Crippen molar-refractivity contribution in [2.75, 3.05) is 25.6 Å². The Morgan fingerprint density at radius 2 is 2.00 bits per heavy atom. The van der Waals surface area contributed by atoms with Crippen molar-refractivity contribution in [2.45, 2.75) is 40.2 Å². The van der Waals surface area contributed by atoms with Gasteiger partial charge in [0, 0.05) is 44.0 Å². The second-order valence-electron chi connectivity index (χ2n) is 7.86. The molecule has 9 heteroatoms. The van der Waals surface area contributed by atoms with E-state index in [1.54, 1.807) is 13.2 Å². The summed E-state index contributed by atoms with van der Waals surface area (Å²) in [6.45, 7) is 8.58. The zero-order chi connectivity index (χ0) is 22.5. The summed E-state index contributed by atoms with van der Waals surface area (Å²) in [5, 5.41) is 11.8. The molecule has 0 saturated heterocycles. The van der Waals surface area contributed by atoms with Crippen LogP contribution in [0.1, 0.15) is 39.9 Å². The van der Waals surface area contributed by atoms with Crippen LogP contribution in [0.15, 0.2) is 12.3 Å². The van der Waals surface area contributed by atoms with Gasteiger partial charge in [-0.15, -0.1) is 0 Å². The Hall–Kier alpha value is -2.50. The molecule has 1 heterocycles. The van der Waals surface area contributed by atoms with Gasteiger partial charge in [0.15, 0.2) is 5.82 Å². The molecule has 162 valence electrons. The fraction of sp³-hybridized carbons (Fsp3) is 0.476. The van der Waals surface area contributed by atoms with Crippen molar-refractivity contribution in [2.24, 2.45) is 5.41 Å². The number of aromatic nitrogens is 2. The van der Waals surface area contributed by atoms with Gasteiger partial charge in [-0.05, 0) is 12.3 Å². The highest BCUT2D eigenvalue weighted by Crippen LogP contribution is 2.40. The molecule has 1 aromatic carbocycles. The van der Waals surface area contributed by atoms with Crippen LogP contribution in [-0.2, 0) is 4.74 Å². The number of nitriles is 1. The van der Waals surface area contributed by atoms with E-state index in [0.29, 0.717) is 13.0 Å². The van der Waals surface area contributed by atoms with Crippen LogP contribution in [0.4, 0.5) is 14.5 Å². The fourth-order valence-electron chi connectivity index (χ4n) is 2.49. The number of hydrogen-bond acceptors (Lipinski definition) is 6. The molecule has 30 heavy (non-hydrogen) atoms. The van der Waals surface area contributed by atoms with Crippen molar-refractivity contribution in [3.05, 3.63) is 34.9 Å². The molecule has 0 bridgehead atoms. The minimum atomic E-state index is -0.876. The van der Waals surface area contributed by atoms with Gasteiger partial charge >= 0.3 is 0 Å². The van der Waals surface area contributed by atoms with Crippen molar-refractivity contribution in [1.82, 2.24) is 9.97 Å². The van der Waals surface area contributed by atoms with Gasteiger partial charge in [-0.2, -0.15) is 5.26 Å². The lowest BCUT2D eigenvalue weighted by Gasteiger charge is -2.30. The van der Waals surface area contributed by atoms with E-state index < -0.39 is 17.2 Å². The van der Waals surface area contributed by atoms with E-state index in [2.05, 4.69) is 15.3 Å². The van der Waals surface area contributed by atoms with Gasteiger partial charge in [0.1, 0.15) is 28.5 Å². The van der Waals surface area contributed by atoms with Gasteiger partial charge in [-0.25, -0.2) is 18.7 Å². The minimum Gasteiger partial charge on any atom is -0.491 e. The summed E-state index contributed by atoms with van der Waals surface area (Å²) in [5.41, 5.74) is -0.629. The van der Waals surface area contributed by atoms with Crippen molar-refractivity contribution in [3.8, 4) is 22.9 Å². The Bertz CT molecular complexity index is 942. The normalized spacial score (nSPS) is 12.4. The minimum absolute atomic E-state index is 0.0201. The molecule has 0 aliphatic rings. The molecule has 0 aliphatic carbocycles. The second kappa shape index (κ2) is 10.0. The third-order valence-corrected chi connectivity index (χ3v) is 4.99. The van der Waals surface area contributed by atoms with E-state index in [1.807, 2.05) is 27.7 Å². The topological polar surface area (TPSA) is 80.1 Å². The molecule has 1 unspecified atom stereocenters. The number of hydrogen-bond donors (Lipinski definition) is 1. The molecule has 0 fully saturated rings. The van der Waals surface area contributed by atoms with Gasteiger partial charge in [0.2, 0.25) is 5.82 Å². The van der Waals surface area contributed by atoms with Crippen molar-refractivity contribution in [3.63, 3.8) is 0 Å². The van der Waals surface area contributed by atoms with Crippen LogP contribution < -0.4 is 10.1 Å². The molecule has 1 atom stereocenters. The van der Waals surface area contributed by atoms with Crippen molar-refractivity contribution in [1.29, 1.82) is 5.26 Å². The van der Waals surface area contributed by atoms with Gasteiger partial charge < -0.3 is 14.8 Å². The number of anilines is 1. The molecule has 0 amide bonds. The van der Waals surface area contributed by atoms with Crippen LogP contribution in [0.2, 0.25) is 5.15 Å². The Balaban J connectivity index is 2.57. The highest BCUT2D eigenvalue weighted by Gasteiger charge is 2.27. The summed E-state index contributed by atoms with van der Waals surface area (Å²) >= 11 is 6.07. The SMILES string of the molecule is COCCCOc1cc(F)c(-c2cnc(C#N)nc2Cl)c(F)c1NC(C)C(C)(C)C. The second-order valence-corrected chi connectivity index (χ2v) is 8.22. The number of ether oxygens (including phenoxy) is 2. The third-order valence-electron chi connectivity index (χ3n) is 4.70. The number of nitrogens with one attached hydrogen (secondary N) is 1. The lowest BCUT2D eigenvalue weighted by Crippen LogP contribution is -2.31. The predicted molar refractivity (Wildman–Crippen MR) is 112 cm³/mol. The summed E-state index contributed by atoms with van der Waals surface area (Å²) in [5.74, 6) is -1.89. The molecule has 0 radical (unpaired) electrons. The average Bonchev–Trinajstić information content (AvgIpc) is 2.68. The number of rotatable bonds is 8. The molecule has 1 N–H and O–H groups in total. The summed E-state index contributed by atoms with van der Waals surface area (Å²) in [6, 6.07) is 2.68. The van der Waals surface area contributed by atoms with Gasteiger partial charge in [0.05, 0.1) is 12.2 Å². The number of nitrogens with zero attached hydrogens (tertiary/aromatic N) is 3. The third kappa shape index (κ3) is 5.55. The van der Waals surface area contributed by atoms with Crippen LogP contribution in [0.25, 0.3) is 11.1 Å². The number of methoxy groups -OCH3 is 1. The van der Waals surface area contributed by atoms with Gasteiger partial charge in [-0.3, -0.25) is 0 Å². The zero-order valence-electron chi connectivity index (χ0n) is 17.6. The number of halogens is 3. The number of benzene rings is 1. The van der Waals surface area contributed by atoms with Crippen LogP contribution in [-0.4, -0.2) is 36.3 Å². The first-order valence-electron chi connectivity index (χ1n) is 9.43. The van der Waals surface area contributed by atoms with E-state index in [9.17, 15) is 4.39 Å². The summed E-state index contributed by atoms with van der Waals surface area (Å²) in [4.78, 5) is 7.55. The van der Waals surface area contributed by atoms with Gasteiger partial charge in [-0.1, -0.05) is 32.4 Å². The van der Waals surface area contributed by atoms with Crippen molar-refractivity contribution < 1.29 is 18.3 Å². The van der Waals surface area contributed by atoms with E-state index in [4.69, 9.17) is 26.3 Å². The first-order chi connectivity index (χ1) is 14.1. The molecule has 1 aromatic heterocycles. The molecular formula is C21H25ClF2N4O2. The Labute approximate surface area is 180 Å². The predicted octanol–water partition coefficient (Wildman–Crippen LogP) is 5.21. The molecule has 2 aromatic rings. The van der Waals surface area contributed by atoms with Crippen molar-refractivity contribution >= 4 is 17.3 Å². The Morgan fingerprint density at radius 3 is 2.57 bits per heavy atom. The fourth-order valence-corrected chi connectivity index (χ4v) is 2.72. The largest absolute Gasteiger partial charge is 0.491 e. The average molecular weight is 439 g/mol.